The van der Waals surface area contributed by atoms with Gasteiger partial charge in [0.2, 0.25) is 0 Å². The summed E-state index contributed by atoms with van der Waals surface area (Å²) >= 11 is 0. The molecule has 10 nitrogen and oxygen atoms in total. The van der Waals surface area contributed by atoms with Crippen LogP contribution in [0.15, 0.2) is 72.3 Å². The monoisotopic (exact) mass is 691 g/mol. The van der Waals surface area contributed by atoms with Crippen molar-refractivity contribution in [3.63, 3.8) is 0 Å². The summed E-state index contributed by atoms with van der Waals surface area (Å²) in [5.74, 6) is -0.890. The Hall–Kier alpha value is -2.95. The number of carbonyl (C=O) groups excluding carboxylic acids is 2. The van der Waals surface area contributed by atoms with Crippen molar-refractivity contribution in [3.8, 4) is 0 Å². The number of Topliss-reactive ketones (excluding diaryl/α,β-unsaturated/α-hetero) is 1. The van der Waals surface area contributed by atoms with E-state index in [-0.39, 0.29) is 30.0 Å². The predicted molar refractivity (Wildman–Crippen MR) is 182 cm³/mol. The second kappa shape index (κ2) is 12.4. The molecule has 0 bridgehead atoms. The lowest BCUT2D eigenvalue weighted by atomic mass is 9.46. The van der Waals surface area contributed by atoms with E-state index < -0.39 is 55.1 Å². The number of allylic oxidation sites excluding steroid dienone is 4. The zero-order valence-electron chi connectivity index (χ0n) is 28.4. The van der Waals surface area contributed by atoms with E-state index in [0.29, 0.717) is 18.9 Å². The average molecular weight is 692 g/mol. The highest BCUT2D eigenvalue weighted by Gasteiger charge is 2.76. The van der Waals surface area contributed by atoms with Gasteiger partial charge in [-0.25, -0.2) is 4.57 Å². The molecule has 0 unspecified atom stereocenters. The zero-order chi connectivity index (χ0) is 34.9. The number of ether oxygens (including phenoxy) is 2. The van der Waals surface area contributed by atoms with E-state index in [1.165, 1.54) is 5.56 Å². The minimum Gasteiger partial charge on any atom is -0.393 e. The Bertz CT molecular complexity index is 1750. The lowest BCUT2D eigenvalue weighted by Gasteiger charge is -2.59. The number of benzene rings is 2. The Morgan fingerprint density at radius 1 is 1.12 bits per heavy atom. The second-order valence-electron chi connectivity index (χ2n) is 15.4. The van der Waals surface area contributed by atoms with Crippen molar-refractivity contribution in [3.05, 3.63) is 89.0 Å². The molecule has 11 heteroatoms. The van der Waals surface area contributed by atoms with Crippen molar-refractivity contribution in [2.75, 3.05) is 11.9 Å². The summed E-state index contributed by atoms with van der Waals surface area (Å²) in [6, 6.07) is 16.5. The van der Waals surface area contributed by atoms with Crippen LogP contribution in [0.1, 0.15) is 76.4 Å². The van der Waals surface area contributed by atoms with E-state index in [0.717, 1.165) is 35.2 Å². The fourth-order valence-electron chi connectivity index (χ4n) is 10.1. The minimum atomic E-state index is -4.95. The van der Waals surface area contributed by atoms with Gasteiger partial charge in [-0.3, -0.25) is 14.1 Å². The molecule has 1 heterocycles. The zero-order valence-corrected chi connectivity index (χ0v) is 29.3. The van der Waals surface area contributed by atoms with Gasteiger partial charge in [-0.1, -0.05) is 61.9 Å². The Kier molecular flexibility index (Phi) is 8.71. The molecule has 0 aromatic heterocycles. The van der Waals surface area contributed by atoms with E-state index in [1.54, 1.807) is 12.2 Å². The summed E-state index contributed by atoms with van der Waals surface area (Å²) in [7, 11) is -4.95. The van der Waals surface area contributed by atoms with Gasteiger partial charge in [0, 0.05) is 34.0 Å². The second-order valence-corrected chi connectivity index (χ2v) is 16.6. The molecule has 1 aliphatic heterocycles. The summed E-state index contributed by atoms with van der Waals surface area (Å²) in [6.45, 7) is 7.40. The number of carbonyl (C=O) groups is 2. The van der Waals surface area contributed by atoms with Crippen LogP contribution in [0, 0.1) is 28.6 Å². The summed E-state index contributed by atoms with van der Waals surface area (Å²) in [5, 5.41) is 15.4. The van der Waals surface area contributed by atoms with Crippen molar-refractivity contribution in [1.29, 1.82) is 0 Å². The van der Waals surface area contributed by atoms with Gasteiger partial charge in [0.15, 0.2) is 23.5 Å². The first kappa shape index (κ1) is 34.5. The van der Waals surface area contributed by atoms with Crippen molar-refractivity contribution >= 4 is 25.1 Å². The quantitative estimate of drug-likeness (QED) is 0.237. The minimum absolute atomic E-state index is 0.00547. The maximum Gasteiger partial charge on any atom is 0.470 e. The molecule has 3 saturated carbocycles. The third-order valence-corrected chi connectivity index (χ3v) is 12.5. The molecule has 4 N–H and O–H groups in total. The molecule has 7 rings (SSSR count). The first-order valence-electron chi connectivity index (χ1n) is 17.3. The predicted octanol–water partition coefficient (Wildman–Crippen LogP) is 5.82. The molecular weight excluding hydrogens is 645 g/mol. The number of phosphoric ester groups is 1. The SMILES string of the molecule is CC(C)Nc1cccc(Cc2ccc([C@@H]3O[C@@H]4C[C@H]5[C@@H]6CCC7=CC(=O)C=C[C@]7(C)[C@H]6[C@@H](O)C[C@]5(C)[C@]4(C(=O)COP(=O)(O)O)O3)cc2)c1. The molecule has 0 radical (unpaired) electrons. The summed E-state index contributed by atoms with van der Waals surface area (Å²) < 4.78 is 29.8. The Morgan fingerprint density at radius 2 is 1.88 bits per heavy atom. The van der Waals surface area contributed by atoms with Crippen LogP contribution in [-0.4, -0.2) is 56.9 Å². The normalized spacial score (nSPS) is 36.5. The molecule has 49 heavy (non-hydrogen) atoms. The first-order valence-corrected chi connectivity index (χ1v) is 18.8. The highest BCUT2D eigenvalue weighted by molar-refractivity contribution is 7.46. The third kappa shape index (κ3) is 5.89. The molecular formula is C38H46NO9P. The van der Waals surface area contributed by atoms with E-state index in [1.807, 2.05) is 43.3 Å². The Balaban J connectivity index is 1.17. The van der Waals surface area contributed by atoms with Crippen LogP contribution in [0.25, 0.3) is 0 Å². The van der Waals surface area contributed by atoms with Gasteiger partial charge in [0.1, 0.15) is 6.61 Å². The standard InChI is InChI=1S/C38H46NO9P/c1-22(2)39-27-7-5-6-24(17-27)16-23-8-10-25(11-9-23)35-47-33-19-30-29-13-12-26-18-28(40)14-15-36(26,3)34(29)31(41)20-37(30,4)38(33,48-35)32(42)21-46-49(43,44)45/h5-11,14-15,17-18,22,29-31,33-35,39,41H,12-13,16,19-21H2,1-4H3,(H2,43,44,45)/t29-,30-,31-,33+,34+,35+,36-,37-,38+/m0/s1. The molecule has 2 aromatic rings. The van der Waals surface area contributed by atoms with Crippen molar-refractivity contribution in [1.82, 2.24) is 0 Å². The van der Waals surface area contributed by atoms with Gasteiger partial charge in [0.05, 0.1) is 12.2 Å². The number of phosphoric acid groups is 1. The molecule has 2 aromatic carbocycles. The highest BCUT2D eigenvalue weighted by atomic mass is 31.2. The number of aliphatic hydroxyl groups is 1. The number of rotatable bonds is 9. The molecule has 0 amide bonds. The molecule has 0 spiro atoms. The molecule has 4 fully saturated rings. The number of nitrogens with one attached hydrogen (secondary N) is 1. The smallest absolute Gasteiger partial charge is 0.393 e. The number of hydrogen-bond donors (Lipinski definition) is 4. The largest absolute Gasteiger partial charge is 0.470 e. The topological polar surface area (TPSA) is 152 Å². The van der Waals surface area contributed by atoms with E-state index >= 15 is 0 Å². The number of ketones is 2. The van der Waals surface area contributed by atoms with Gasteiger partial charge in [-0.05, 0) is 93.2 Å². The summed E-state index contributed by atoms with van der Waals surface area (Å²) in [6.07, 6.45) is 5.67. The van der Waals surface area contributed by atoms with Crippen LogP contribution in [0.4, 0.5) is 5.69 Å². The van der Waals surface area contributed by atoms with Crippen LogP contribution < -0.4 is 5.32 Å². The first-order chi connectivity index (χ1) is 23.1. The lowest BCUT2D eigenvalue weighted by molar-refractivity contribution is -0.200. The highest BCUT2D eigenvalue weighted by Crippen LogP contribution is 2.70. The molecule has 1 saturated heterocycles. The van der Waals surface area contributed by atoms with Crippen LogP contribution in [-0.2, 0) is 34.6 Å². The fraction of sp³-hybridized carbons (Fsp3) is 0.526. The van der Waals surface area contributed by atoms with Crippen molar-refractivity contribution in [2.24, 2.45) is 28.6 Å². The van der Waals surface area contributed by atoms with Crippen LogP contribution in [0.5, 0.6) is 0 Å². The van der Waals surface area contributed by atoms with Gasteiger partial charge in [-0.15, -0.1) is 0 Å². The molecule has 5 aliphatic rings. The number of fused-ring (bicyclic) bond motifs is 7. The summed E-state index contributed by atoms with van der Waals surface area (Å²) in [4.78, 5) is 45.5. The van der Waals surface area contributed by atoms with E-state index in [2.05, 4.69) is 44.3 Å². The number of anilines is 1. The third-order valence-electron chi connectivity index (χ3n) is 12.1. The fourth-order valence-corrected chi connectivity index (χ4v) is 10.4. The number of aliphatic hydroxyl groups excluding tert-OH is 1. The maximum absolute atomic E-state index is 14.3. The van der Waals surface area contributed by atoms with Crippen molar-refractivity contribution < 1.29 is 43.0 Å². The summed E-state index contributed by atoms with van der Waals surface area (Å²) in [5.41, 5.74) is 2.08. The maximum atomic E-state index is 14.3. The van der Waals surface area contributed by atoms with E-state index in [4.69, 9.17) is 14.0 Å². The average Bonchev–Trinajstić information content (AvgIpc) is 3.53. The van der Waals surface area contributed by atoms with Gasteiger partial charge in [-0.2, -0.15) is 0 Å². The number of hydrogen-bond acceptors (Lipinski definition) is 8. The Morgan fingerprint density at radius 3 is 2.59 bits per heavy atom. The lowest BCUT2D eigenvalue weighted by Crippen LogP contribution is -2.63. The van der Waals surface area contributed by atoms with Gasteiger partial charge in [0.25, 0.3) is 0 Å². The van der Waals surface area contributed by atoms with Crippen LogP contribution in [0.2, 0.25) is 0 Å². The van der Waals surface area contributed by atoms with Gasteiger partial charge < -0.3 is 29.7 Å². The Labute approximate surface area is 287 Å². The van der Waals surface area contributed by atoms with Crippen molar-refractivity contribution in [2.45, 2.75) is 89.9 Å². The van der Waals surface area contributed by atoms with Crippen LogP contribution >= 0.6 is 7.82 Å². The molecule has 262 valence electrons. The molecule has 4 aliphatic carbocycles. The molecule has 9 atom stereocenters. The van der Waals surface area contributed by atoms with Crippen LogP contribution in [0.3, 0.4) is 0 Å². The van der Waals surface area contributed by atoms with Gasteiger partial charge >= 0.3 is 7.82 Å². The van der Waals surface area contributed by atoms with E-state index in [9.17, 15) is 29.0 Å².